The highest BCUT2D eigenvalue weighted by molar-refractivity contribution is 9.10. The van der Waals surface area contributed by atoms with E-state index in [0.29, 0.717) is 6.04 Å². The summed E-state index contributed by atoms with van der Waals surface area (Å²) in [7, 11) is 0. The smallest absolute Gasteiger partial charge is 0.0410 e. The Kier molecular flexibility index (Phi) is 3.94. The van der Waals surface area contributed by atoms with Crippen molar-refractivity contribution < 1.29 is 0 Å². The van der Waals surface area contributed by atoms with Crippen molar-refractivity contribution in [2.45, 2.75) is 18.9 Å². The second-order valence-corrected chi connectivity index (χ2v) is 6.52. The van der Waals surface area contributed by atoms with Gasteiger partial charge < -0.3 is 5.32 Å². The molecule has 1 saturated carbocycles. The summed E-state index contributed by atoms with van der Waals surface area (Å²) in [6.07, 6.45) is 2.71. The first-order chi connectivity index (χ1) is 8.75. The number of piperazine rings is 1. The number of hydrogen-bond donors (Lipinski definition) is 1. The van der Waals surface area contributed by atoms with Gasteiger partial charge in [-0.1, -0.05) is 27.5 Å². The van der Waals surface area contributed by atoms with Crippen molar-refractivity contribution in [2.75, 3.05) is 26.2 Å². The van der Waals surface area contributed by atoms with E-state index in [4.69, 9.17) is 11.6 Å². The van der Waals surface area contributed by atoms with Gasteiger partial charge in [0.05, 0.1) is 0 Å². The van der Waals surface area contributed by atoms with Gasteiger partial charge in [-0.2, -0.15) is 0 Å². The molecule has 1 aromatic carbocycles. The Morgan fingerprint density at radius 3 is 2.67 bits per heavy atom. The molecule has 0 radical (unpaired) electrons. The zero-order valence-corrected chi connectivity index (χ0v) is 12.7. The normalized spacial score (nSPS) is 23.0. The summed E-state index contributed by atoms with van der Waals surface area (Å²) in [6.45, 7) is 4.48. The molecule has 1 atom stereocenters. The van der Waals surface area contributed by atoms with E-state index in [-0.39, 0.29) is 0 Å². The Bertz CT molecular complexity index is 428. The van der Waals surface area contributed by atoms with Gasteiger partial charge in [0, 0.05) is 41.7 Å². The maximum atomic E-state index is 6.17. The first-order valence-electron chi connectivity index (χ1n) is 6.65. The molecular weight excluding hydrogens is 312 g/mol. The molecule has 98 valence electrons. The fourth-order valence-corrected chi connectivity index (χ4v) is 3.52. The van der Waals surface area contributed by atoms with Gasteiger partial charge in [-0.15, -0.1) is 0 Å². The number of halogens is 2. The highest BCUT2D eigenvalue weighted by atomic mass is 79.9. The molecule has 0 aromatic heterocycles. The van der Waals surface area contributed by atoms with Crippen molar-refractivity contribution in [2.24, 2.45) is 5.92 Å². The van der Waals surface area contributed by atoms with Crippen molar-refractivity contribution in [1.29, 1.82) is 0 Å². The molecule has 1 aromatic rings. The number of benzene rings is 1. The lowest BCUT2D eigenvalue weighted by molar-refractivity contribution is 0.155. The SMILES string of the molecule is Clc1ccc(Br)c([C@H](C2CC2)N2CCNCC2)c1. The molecule has 4 heteroatoms. The number of hydrogen-bond acceptors (Lipinski definition) is 2. The molecule has 2 fully saturated rings. The lowest BCUT2D eigenvalue weighted by atomic mass is 10.00. The highest BCUT2D eigenvalue weighted by Crippen LogP contribution is 2.46. The van der Waals surface area contributed by atoms with Crippen molar-refractivity contribution in [1.82, 2.24) is 10.2 Å². The van der Waals surface area contributed by atoms with Gasteiger partial charge in [0.15, 0.2) is 0 Å². The maximum absolute atomic E-state index is 6.17. The van der Waals surface area contributed by atoms with Gasteiger partial charge in [0.1, 0.15) is 0 Å². The Balaban J connectivity index is 1.90. The standard InChI is InChI=1S/C14H18BrClN2/c15-13-4-3-11(16)9-12(13)14(10-1-2-10)18-7-5-17-6-8-18/h3-4,9-10,14,17H,1-2,5-8H2/t14-/m0/s1. The van der Waals surface area contributed by atoms with E-state index in [2.05, 4.69) is 38.3 Å². The van der Waals surface area contributed by atoms with Crippen LogP contribution >= 0.6 is 27.5 Å². The van der Waals surface area contributed by atoms with Gasteiger partial charge in [-0.3, -0.25) is 4.90 Å². The summed E-state index contributed by atoms with van der Waals surface area (Å²) < 4.78 is 1.20. The van der Waals surface area contributed by atoms with Crippen LogP contribution in [0.4, 0.5) is 0 Å². The number of nitrogens with zero attached hydrogens (tertiary/aromatic N) is 1. The lowest BCUT2D eigenvalue weighted by Crippen LogP contribution is -2.45. The number of rotatable bonds is 3. The first-order valence-corrected chi connectivity index (χ1v) is 7.82. The van der Waals surface area contributed by atoms with Crippen molar-refractivity contribution in [3.05, 3.63) is 33.3 Å². The molecule has 0 amide bonds. The van der Waals surface area contributed by atoms with E-state index >= 15 is 0 Å². The number of nitrogens with one attached hydrogen (secondary N) is 1. The minimum atomic E-state index is 0.542. The highest BCUT2D eigenvalue weighted by Gasteiger charge is 2.37. The van der Waals surface area contributed by atoms with E-state index in [1.807, 2.05) is 6.07 Å². The molecule has 1 heterocycles. The topological polar surface area (TPSA) is 15.3 Å². The van der Waals surface area contributed by atoms with Gasteiger partial charge in [0.2, 0.25) is 0 Å². The van der Waals surface area contributed by atoms with E-state index < -0.39 is 0 Å². The third-order valence-electron chi connectivity index (χ3n) is 3.89. The second kappa shape index (κ2) is 5.49. The van der Waals surface area contributed by atoms with Crippen molar-refractivity contribution in [3.8, 4) is 0 Å². The van der Waals surface area contributed by atoms with Crippen LogP contribution in [0, 0.1) is 5.92 Å². The van der Waals surface area contributed by atoms with Crippen LogP contribution in [0.1, 0.15) is 24.4 Å². The van der Waals surface area contributed by atoms with Crippen LogP contribution in [0.5, 0.6) is 0 Å². The molecule has 3 rings (SSSR count). The van der Waals surface area contributed by atoms with Crippen LogP contribution < -0.4 is 5.32 Å². The average molecular weight is 330 g/mol. The molecule has 2 nitrogen and oxygen atoms in total. The predicted molar refractivity (Wildman–Crippen MR) is 79.1 cm³/mol. The summed E-state index contributed by atoms with van der Waals surface area (Å²) in [5.41, 5.74) is 1.37. The minimum Gasteiger partial charge on any atom is -0.314 e. The van der Waals surface area contributed by atoms with Crippen LogP contribution in [0.15, 0.2) is 22.7 Å². The zero-order valence-electron chi connectivity index (χ0n) is 10.3. The second-order valence-electron chi connectivity index (χ2n) is 5.23. The summed E-state index contributed by atoms with van der Waals surface area (Å²) in [5.74, 6) is 0.817. The monoisotopic (exact) mass is 328 g/mol. The Morgan fingerprint density at radius 1 is 1.28 bits per heavy atom. The molecule has 0 spiro atoms. The zero-order chi connectivity index (χ0) is 12.5. The lowest BCUT2D eigenvalue weighted by Gasteiger charge is -2.36. The van der Waals surface area contributed by atoms with Crippen LogP contribution in [-0.2, 0) is 0 Å². The van der Waals surface area contributed by atoms with E-state index in [1.165, 1.54) is 22.9 Å². The van der Waals surface area contributed by atoms with E-state index in [1.54, 1.807) is 0 Å². The predicted octanol–water partition coefficient (Wildman–Crippen LogP) is 3.46. The Labute approximate surface area is 122 Å². The van der Waals surface area contributed by atoms with Gasteiger partial charge >= 0.3 is 0 Å². The fraction of sp³-hybridized carbons (Fsp3) is 0.571. The molecular formula is C14H18BrClN2. The molecule has 1 aliphatic carbocycles. The molecule has 0 unspecified atom stereocenters. The quantitative estimate of drug-likeness (QED) is 0.913. The molecule has 1 aliphatic heterocycles. The first kappa shape index (κ1) is 12.9. The van der Waals surface area contributed by atoms with E-state index in [9.17, 15) is 0 Å². The summed E-state index contributed by atoms with van der Waals surface area (Å²) in [6, 6.07) is 6.71. The molecule has 2 aliphatic rings. The van der Waals surface area contributed by atoms with Gasteiger partial charge in [0.25, 0.3) is 0 Å². The maximum Gasteiger partial charge on any atom is 0.0410 e. The van der Waals surface area contributed by atoms with Crippen molar-refractivity contribution in [3.63, 3.8) is 0 Å². The third-order valence-corrected chi connectivity index (χ3v) is 4.85. The van der Waals surface area contributed by atoms with Crippen LogP contribution in [0.2, 0.25) is 5.02 Å². The van der Waals surface area contributed by atoms with Crippen LogP contribution in [0.25, 0.3) is 0 Å². The molecule has 1 N–H and O–H groups in total. The Hall–Kier alpha value is -0.0900. The van der Waals surface area contributed by atoms with E-state index in [0.717, 1.165) is 37.1 Å². The van der Waals surface area contributed by atoms with Crippen LogP contribution in [-0.4, -0.2) is 31.1 Å². The molecule has 18 heavy (non-hydrogen) atoms. The van der Waals surface area contributed by atoms with Gasteiger partial charge in [-0.05, 0) is 42.5 Å². The van der Waals surface area contributed by atoms with Crippen LogP contribution in [0.3, 0.4) is 0 Å². The minimum absolute atomic E-state index is 0.542. The molecule has 0 bridgehead atoms. The summed E-state index contributed by atoms with van der Waals surface area (Å²) >= 11 is 9.87. The Morgan fingerprint density at radius 2 is 2.00 bits per heavy atom. The summed E-state index contributed by atoms with van der Waals surface area (Å²) in [5, 5.41) is 4.27. The summed E-state index contributed by atoms with van der Waals surface area (Å²) in [4.78, 5) is 2.62. The fourth-order valence-electron chi connectivity index (χ4n) is 2.86. The largest absolute Gasteiger partial charge is 0.314 e. The third kappa shape index (κ3) is 2.74. The van der Waals surface area contributed by atoms with Gasteiger partial charge in [-0.25, -0.2) is 0 Å². The molecule has 1 saturated heterocycles. The average Bonchev–Trinajstić information content (AvgIpc) is 3.20. The van der Waals surface area contributed by atoms with Crippen molar-refractivity contribution >= 4 is 27.5 Å².